The van der Waals surface area contributed by atoms with Crippen molar-refractivity contribution in [1.29, 1.82) is 0 Å². The maximum absolute atomic E-state index is 12.5. The molecule has 0 unspecified atom stereocenters. The molecule has 0 saturated carbocycles. The van der Waals surface area contributed by atoms with Crippen molar-refractivity contribution < 1.29 is 13.2 Å². The molecule has 5 nitrogen and oxygen atoms in total. The molecule has 2 aromatic rings. The summed E-state index contributed by atoms with van der Waals surface area (Å²) in [6.45, 7) is 0. The molecule has 0 amide bonds. The summed E-state index contributed by atoms with van der Waals surface area (Å²) in [6.07, 6.45) is 0. The third-order valence-corrected chi connectivity index (χ3v) is 5.09. The molecule has 112 valence electrons. The number of rotatable bonds is 4. The minimum atomic E-state index is -3.88. The van der Waals surface area contributed by atoms with E-state index in [-0.39, 0.29) is 22.0 Å². The van der Waals surface area contributed by atoms with Crippen LogP contribution in [0.15, 0.2) is 45.8 Å². The molecular formula is C13H12BrClN2O3S. The van der Waals surface area contributed by atoms with Crippen molar-refractivity contribution in [2.45, 2.75) is 4.90 Å². The van der Waals surface area contributed by atoms with Gasteiger partial charge in [-0.2, -0.15) is 0 Å². The van der Waals surface area contributed by atoms with E-state index >= 15 is 0 Å². The second-order valence-corrected chi connectivity index (χ2v) is 7.02. The van der Waals surface area contributed by atoms with Crippen LogP contribution in [-0.4, -0.2) is 15.5 Å². The molecule has 2 rings (SSSR count). The maximum Gasteiger partial charge on any atom is 0.265 e. The molecule has 3 N–H and O–H groups in total. The van der Waals surface area contributed by atoms with Crippen molar-refractivity contribution in [3.05, 3.63) is 45.9 Å². The quantitative estimate of drug-likeness (QED) is 0.782. The van der Waals surface area contributed by atoms with Gasteiger partial charge in [-0.3, -0.25) is 4.72 Å². The Labute approximate surface area is 136 Å². The Balaban J connectivity index is 2.50. The lowest BCUT2D eigenvalue weighted by atomic mass is 10.3. The summed E-state index contributed by atoms with van der Waals surface area (Å²) in [5.41, 5.74) is 6.31. The Morgan fingerprint density at radius 2 is 1.95 bits per heavy atom. The summed E-state index contributed by atoms with van der Waals surface area (Å²) >= 11 is 9.18. The van der Waals surface area contributed by atoms with Crippen molar-refractivity contribution in [2.75, 3.05) is 17.6 Å². The van der Waals surface area contributed by atoms with E-state index in [0.29, 0.717) is 9.50 Å². The van der Waals surface area contributed by atoms with Gasteiger partial charge in [-0.15, -0.1) is 0 Å². The molecule has 0 aliphatic heterocycles. The van der Waals surface area contributed by atoms with Gasteiger partial charge in [0.15, 0.2) is 0 Å². The fraction of sp³-hybridized carbons (Fsp3) is 0.0769. The third-order valence-electron chi connectivity index (χ3n) is 2.69. The molecule has 0 spiro atoms. The van der Waals surface area contributed by atoms with E-state index in [1.165, 1.54) is 19.2 Å². The summed E-state index contributed by atoms with van der Waals surface area (Å²) in [4.78, 5) is -0.0642. The largest absolute Gasteiger partial charge is 0.495 e. The molecule has 0 aliphatic carbocycles. The summed E-state index contributed by atoms with van der Waals surface area (Å²) in [5.74, 6) is 0.177. The van der Waals surface area contributed by atoms with Crippen molar-refractivity contribution in [3.8, 4) is 5.75 Å². The van der Waals surface area contributed by atoms with Crippen molar-refractivity contribution in [1.82, 2.24) is 0 Å². The van der Waals surface area contributed by atoms with Crippen molar-refractivity contribution in [2.24, 2.45) is 0 Å². The number of benzene rings is 2. The van der Waals surface area contributed by atoms with Crippen LogP contribution in [0, 0.1) is 0 Å². The normalized spacial score (nSPS) is 11.2. The number of anilines is 2. The summed E-state index contributed by atoms with van der Waals surface area (Å²) < 4.78 is 33.0. The average molecular weight is 392 g/mol. The first-order chi connectivity index (χ1) is 9.85. The highest BCUT2D eigenvalue weighted by Gasteiger charge is 2.22. The highest BCUT2D eigenvalue weighted by Crippen LogP contribution is 2.34. The number of sulfonamides is 1. The van der Waals surface area contributed by atoms with E-state index in [2.05, 4.69) is 20.7 Å². The predicted molar refractivity (Wildman–Crippen MR) is 87.4 cm³/mol. The highest BCUT2D eigenvalue weighted by molar-refractivity contribution is 9.10. The summed E-state index contributed by atoms with van der Waals surface area (Å²) in [5, 5.41) is 0.296. The summed E-state index contributed by atoms with van der Waals surface area (Å²) in [6, 6.07) is 9.36. The zero-order chi connectivity index (χ0) is 15.6. The molecule has 0 saturated heterocycles. The number of halogens is 2. The van der Waals surface area contributed by atoms with Crippen LogP contribution in [0.4, 0.5) is 11.4 Å². The molecule has 0 aliphatic rings. The fourth-order valence-electron chi connectivity index (χ4n) is 1.66. The van der Waals surface area contributed by atoms with Crippen LogP contribution in [0.3, 0.4) is 0 Å². The minimum Gasteiger partial charge on any atom is -0.495 e. The number of methoxy groups -OCH3 is 1. The number of hydrogen-bond acceptors (Lipinski definition) is 4. The Morgan fingerprint density at radius 3 is 2.57 bits per heavy atom. The van der Waals surface area contributed by atoms with Gasteiger partial charge in [-0.1, -0.05) is 23.7 Å². The van der Waals surface area contributed by atoms with Gasteiger partial charge in [-0.25, -0.2) is 8.42 Å². The van der Waals surface area contributed by atoms with Gasteiger partial charge in [0.2, 0.25) is 0 Å². The Kier molecular flexibility index (Phi) is 4.65. The van der Waals surface area contributed by atoms with Gasteiger partial charge < -0.3 is 10.5 Å². The first kappa shape index (κ1) is 15.9. The fourth-order valence-corrected chi connectivity index (χ4v) is 3.49. The molecule has 21 heavy (non-hydrogen) atoms. The molecule has 0 aromatic heterocycles. The smallest absolute Gasteiger partial charge is 0.265 e. The average Bonchev–Trinajstić information content (AvgIpc) is 2.43. The zero-order valence-corrected chi connectivity index (χ0v) is 14.1. The van der Waals surface area contributed by atoms with E-state index in [1.807, 2.05) is 0 Å². The first-order valence-corrected chi connectivity index (χ1v) is 8.41. The molecule has 0 bridgehead atoms. The minimum absolute atomic E-state index is 0.0642. The number of hydrogen-bond donors (Lipinski definition) is 2. The topological polar surface area (TPSA) is 81.4 Å². The molecule has 8 heteroatoms. The van der Waals surface area contributed by atoms with Gasteiger partial charge >= 0.3 is 0 Å². The number of nitrogens with two attached hydrogens (primary N) is 1. The van der Waals surface area contributed by atoms with Gasteiger partial charge in [0, 0.05) is 10.2 Å². The molecule has 0 atom stereocenters. The van der Waals surface area contributed by atoms with E-state index in [9.17, 15) is 8.42 Å². The molecular weight excluding hydrogens is 380 g/mol. The van der Waals surface area contributed by atoms with Crippen LogP contribution >= 0.6 is 27.5 Å². The van der Waals surface area contributed by atoms with E-state index in [0.717, 1.165) is 0 Å². The second kappa shape index (κ2) is 6.13. The molecule has 0 radical (unpaired) electrons. The maximum atomic E-state index is 12.5. The Bertz CT molecular complexity index is 781. The third kappa shape index (κ3) is 3.42. The monoisotopic (exact) mass is 390 g/mol. The lowest BCUT2D eigenvalue weighted by Gasteiger charge is -2.13. The summed E-state index contributed by atoms with van der Waals surface area (Å²) in [7, 11) is -2.50. The first-order valence-electron chi connectivity index (χ1n) is 5.75. The van der Waals surface area contributed by atoms with Crippen LogP contribution in [-0.2, 0) is 10.0 Å². The van der Waals surface area contributed by atoms with E-state index in [4.69, 9.17) is 22.1 Å². The van der Waals surface area contributed by atoms with Crippen molar-refractivity contribution in [3.63, 3.8) is 0 Å². The Morgan fingerprint density at radius 1 is 1.29 bits per heavy atom. The SMILES string of the molecule is COc1cc(Br)c(N)cc1S(=O)(=O)Nc1ccccc1Cl. The van der Waals surface area contributed by atoms with Gasteiger partial charge in [0.1, 0.15) is 10.6 Å². The number of para-hydroxylation sites is 1. The predicted octanol–water partition coefficient (Wildman–Crippen LogP) is 3.49. The second-order valence-electron chi connectivity index (χ2n) is 4.11. The standard InChI is InChI=1S/C13H12BrClN2O3S/c1-20-12-6-8(14)10(16)7-13(12)21(18,19)17-11-5-3-2-4-9(11)15/h2-7,17H,16H2,1H3. The van der Waals surface area contributed by atoms with Crippen LogP contribution in [0.1, 0.15) is 0 Å². The lowest BCUT2D eigenvalue weighted by Crippen LogP contribution is -2.15. The van der Waals surface area contributed by atoms with Gasteiger partial charge in [-0.05, 0) is 40.2 Å². The van der Waals surface area contributed by atoms with Crippen LogP contribution in [0.25, 0.3) is 0 Å². The van der Waals surface area contributed by atoms with Gasteiger partial charge in [0.25, 0.3) is 10.0 Å². The lowest BCUT2D eigenvalue weighted by molar-refractivity contribution is 0.402. The Hall–Kier alpha value is -1.44. The van der Waals surface area contributed by atoms with E-state index in [1.54, 1.807) is 24.3 Å². The van der Waals surface area contributed by atoms with Gasteiger partial charge in [0.05, 0.1) is 17.8 Å². The van der Waals surface area contributed by atoms with Crippen LogP contribution in [0.5, 0.6) is 5.75 Å². The molecule has 2 aromatic carbocycles. The molecule has 0 heterocycles. The zero-order valence-electron chi connectivity index (χ0n) is 10.9. The van der Waals surface area contributed by atoms with E-state index < -0.39 is 10.0 Å². The van der Waals surface area contributed by atoms with Crippen LogP contribution < -0.4 is 15.2 Å². The molecule has 0 fully saturated rings. The number of nitrogens with one attached hydrogen (secondary N) is 1. The number of ether oxygens (including phenoxy) is 1. The number of nitrogen functional groups attached to an aromatic ring is 1. The highest BCUT2D eigenvalue weighted by atomic mass is 79.9. The van der Waals surface area contributed by atoms with Crippen molar-refractivity contribution >= 4 is 48.9 Å². The van der Waals surface area contributed by atoms with Crippen LogP contribution in [0.2, 0.25) is 5.02 Å².